The van der Waals surface area contributed by atoms with Crippen LogP contribution in [-0.4, -0.2) is 18.7 Å². The molecule has 0 amide bonds. The first-order chi connectivity index (χ1) is 13.0. The second kappa shape index (κ2) is 8.09. The van der Waals surface area contributed by atoms with Crippen molar-refractivity contribution in [3.05, 3.63) is 64.9 Å². The van der Waals surface area contributed by atoms with E-state index in [1.54, 1.807) is 19.1 Å². The highest BCUT2D eigenvalue weighted by Gasteiger charge is 2.39. The number of allylic oxidation sites excluding steroid dienone is 6. The summed E-state index contributed by atoms with van der Waals surface area (Å²) in [5, 5.41) is 0. The monoisotopic (exact) mass is 360 g/mol. The van der Waals surface area contributed by atoms with E-state index in [1.165, 1.54) is 7.11 Å². The summed E-state index contributed by atoms with van der Waals surface area (Å²) in [7, 11) is 1.48. The van der Waals surface area contributed by atoms with E-state index in [4.69, 9.17) is 10.5 Å². The number of ketones is 2. The van der Waals surface area contributed by atoms with Crippen LogP contribution in [0.2, 0.25) is 0 Å². The highest BCUT2D eigenvalue weighted by atomic mass is 16.5. The Kier molecular flexibility index (Phi) is 5.61. The third kappa shape index (κ3) is 3.88. The van der Waals surface area contributed by atoms with Crippen LogP contribution in [0.3, 0.4) is 0 Å². The zero-order valence-electron chi connectivity index (χ0n) is 15.5. The average Bonchev–Trinajstić information content (AvgIpc) is 2.92. The second-order valence-electron chi connectivity index (χ2n) is 6.74. The summed E-state index contributed by atoms with van der Waals surface area (Å²) in [6.45, 7) is 1.71. The van der Waals surface area contributed by atoms with Crippen molar-refractivity contribution in [1.29, 1.82) is 0 Å². The number of nitrogens with one attached hydrogen (secondary N) is 1. The molecular formula is C23H22NO3-. The number of hydrogen-bond acceptors (Lipinski definition) is 3. The fourth-order valence-electron chi connectivity index (χ4n) is 3.76. The number of carbonyl (C=O) groups is 2. The molecule has 0 radical (unpaired) electrons. The molecule has 0 aliphatic heterocycles. The van der Waals surface area contributed by atoms with Crippen molar-refractivity contribution >= 4 is 17.3 Å². The smallest absolute Gasteiger partial charge is 0.148 e. The van der Waals surface area contributed by atoms with Crippen molar-refractivity contribution in [2.24, 2.45) is 5.92 Å². The lowest BCUT2D eigenvalue weighted by Crippen LogP contribution is -2.32. The topological polar surface area (TPSA) is 67.2 Å². The minimum Gasteiger partial charge on any atom is -0.698 e. The van der Waals surface area contributed by atoms with Gasteiger partial charge < -0.3 is 10.5 Å². The minimum atomic E-state index is -0.926. The lowest BCUT2D eigenvalue weighted by Gasteiger charge is -2.31. The maximum atomic E-state index is 12.9. The molecule has 0 bridgehead atoms. The molecule has 1 N–H and O–H groups in total. The summed E-state index contributed by atoms with van der Waals surface area (Å²) in [5.74, 6) is 4.77. The Labute approximate surface area is 159 Å². The highest BCUT2D eigenvalue weighted by Crippen LogP contribution is 2.43. The second-order valence-corrected chi connectivity index (χ2v) is 6.74. The molecule has 1 aromatic carbocycles. The zero-order valence-corrected chi connectivity index (χ0v) is 15.5. The largest absolute Gasteiger partial charge is 0.698 e. The van der Waals surface area contributed by atoms with Crippen molar-refractivity contribution < 1.29 is 14.3 Å². The molecule has 27 heavy (non-hydrogen) atoms. The Morgan fingerprint density at radius 1 is 1.11 bits per heavy atom. The molecule has 1 saturated carbocycles. The number of rotatable bonds is 3. The highest BCUT2D eigenvalue weighted by molar-refractivity contribution is 6.11. The van der Waals surface area contributed by atoms with Gasteiger partial charge in [-0.2, -0.15) is 0 Å². The van der Waals surface area contributed by atoms with Gasteiger partial charge in [0.15, 0.2) is 0 Å². The number of hydrogen-bond donors (Lipinski definition) is 0. The predicted molar refractivity (Wildman–Crippen MR) is 106 cm³/mol. The average molecular weight is 360 g/mol. The van der Waals surface area contributed by atoms with E-state index in [1.807, 2.05) is 30.4 Å². The number of benzene rings is 1. The van der Waals surface area contributed by atoms with E-state index in [0.29, 0.717) is 29.7 Å². The van der Waals surface area contributed by atoms with Crippen LogP contribution in [-0.2, 0) is 9.59 Å². The van der Waals surface area contributed by atoms with Crippen molar-refractivity contribution in [3.8, 4) is 17.6 Å². The first-order valence-corrected chi connectivity index (χ1v) is 8.99. The predicted octanol–water partition coefficient (Wildman–Crippen LogP) is 4.82. The van der Waals surface area contributed by atoms with Gasteiger partial charge in [0.2, 0.25) is 0 Å². The number of methoxy groups -OCH3 is 1. The lowest BCUT2D eigenvalue weighted by atomic mass is 9.73. The van der Waals surface area contributed by atoms with E-state index in [0.717, 1.165) is 12.0 Å². The normalized spacial score (nSPS) is 21.9. The molecule has 138 valence electrons. The van der Waals surface area contributed by atoms with Crippen molar-refractivity contribution in [2.75, 3.05) is 7.11 Å². The Morgan fingerprint density at radius 2 is 1.85 bits per heavy atom. The molecule has 1 fully saturated rings. The van der Waals surface area contributed by atoms with Crippen LogP contribution >= 0.6 is 0 Å². The van der Waals surface area contributed by atoms with Crippen LogP contribution < -0.4 is 4.74 Å². The summed E-state index contributed by atoms with van der Waals surface area (Å²) in [4.78, 5) is 25.8. The van der Waals surface area contributed by atoms with Crippen molar-refractivity contribution in [1.82, 2.24) is 0 Å². The van der Waals surface area contributed by atoms with Gasteiger partial charge in [-0.15, -0.1) is 11.6 Å². The Balaban J connectivity index is 1.93. The molecule has 4 heteroatoms. The van der Waals surface area contributed by atoms with E-state index in [2.05, 4.69) is 11.8 Å². The molecule has 0 atom stereocenters. The SMILES string of the molecule is CC#Cc1cc([NH-])c(C2C(=O)CC(C3=CC=CC=CC3)CC2=O)c(OC)c1. The summed E-state index contributed by atoms with van der Waals surface area (Å²) in [5.41, 5.74) is 10.6. The Hall–Kier alpha value is -3.06. The molecule has 3 rings (SSSR count). The Morgan fingerprint density at radius 3 is 2.52 bits per heavy atom. The van der Waals surface area contributed by atoms with Crippen LogP contribution in [0.25, 0.3) is 5.73 Å². The molecule has 0 aromatic heterocycles. The summed E-state index contributed by atoms with van der Waals surface area (Å²) in [6.07, 6.45) is 11.3. The number of Topliss-reactive ketones (excluding diaryl/α,β-unsaturated/α-hetero) is 2. The van der Waals surface area contributed by atoms with Gasteiger partial charge >= 0.3 is 0 Å². The van der Waals surface area contributed by atoms with Crippen LogP contribution in [0.4, 0.5) is 5.69 Å². The van der Waals surface area contributed by atoms with Gasteiger partial charge in [0, 0.05) is 18.4 Å². The maximum Gasteiger partial charge on any atom is 0.148 e. The van der Waals surface area contributed by atoms with Gasteiger partial charge in [-0.1, -0.05) is 47.9 Å². The Bertz CT molecular complexity index is 907. The van der Waals surface area contributed by atoms with E-state index < -0.39 is 5.92 Å². The van der Waals surface area contributed by atoms with Crippen LogP contribution in [0.1, 0.15) is 43.2 Å². The summed E-state index contributed by atoms with van der Waals surface area (Å²) in [6, 6.07) is 3.28. The lowest BCUT2D eigenvalue weighted by molar-refractivity contribution is -0.133. The van der Waals surface area contributed by atoms with Gasteiger partial charge in [0.1, 0.15) is 23.2 Å². The number of ether oxygens (including phenoxy) is 1. The van der Waals surface area contributed by atoms with Crippen LogP contribution in [0.5, 0.6) is 5.75 Å². The first kappa shape index (κ1) is 18.7. The van der Waals surface area contributed by atoms with Crippen LogP contribution in [0, 0.1) is 17.8 Å². The van der Waals surface area contributed by atoms with Crippen molar-refractivity contribution in [2.45, 2.75) is 32.1 Å². The fraction of sp³-hybridized carbons (Fsp3) is 0.304. The van der Waals surface area contributed by atoms with Gasteiger partial charge in [-0.05, 0) is 30.9 Å². The molecule has 1 aromatic rings. The van der Waals surface area contributed by atoms with Crippen molar-refractivity contribution in [3.63, 3.8) is 0 Å². The van der Waals surface area contributed by atoms with Gasteiger partial charge in [-0.3, -0.25) is 9.59 Å². The third-order valence-electron chi connectivity index (χ3n) is 5.01. The zero-order chi connectivity index (χ0) is 19.4. The van der Waals surface area contributed by atoms with E-state index >= 15 is 0 Å². The molecule has 0 spiro atoms. The first-order valence-electron chi connectivity index (χ1n) is 8.99. The summed E-state index contributed by atoms with van der Waals surface area (Å²) < 4.78 is 5.40. The minimum absolute atomic E-state index is 0.0703. The standard InChI is InChI=1S/C23H22NO3/c1-3-8-15-11-18(24)22(21(12-15)27-2)23-19(25)13-17(14-20(23)26)16-9-6-4-5-7-10-16/h4-7,9,11-12,17,23-24H,10,13-14H2,1-2H3/q-1. The molecule has 4 nitrogen and oxygen atoms in total. The van der Waals surface area contributed by atoms with Gasteiger partial charge in [0.25, 0.3) is 0 Å². The maximum absolute atomic E-state index is 12.9. The fourth-order valence-corrected chi connectivity index (χ4v) is 3.76. The molecule has 2 aliphatic rings. The van der Waals surface area contributed by atoms with Crippen LogP contribution in [0.15, 0.2) is 48.1 Å². The van der Waals surface area contributed by atoms with Gasteiger partial charge in [0.05, 0.1) is 7.11 Å². The quantitative estimate of drug-likeness (QED) is 0.573. The van der Waals surface area contributed by atoms with Gasteiger partial charge in [-0.25, -0.2) is 0 Å². The molecule has 0 heterocycles. The van der Waals surface area contributed by atoms with E-state index in [-0.39, 0.29) is 23.2 Å². The summed E-state index contributed by atoms with van der Waals surface area (Å²) >= 11 is 0. The molecule has 0 saturated heterocycles. The third-order valence-corrected chi connectivity index (χ3v) is 5.01. The van der Waals surface area contributed by atoms with E-state index in [9.17, 15) is 9.59 Å². The molecular weight excluding hydrogens is 338 g/mol. The number of carbonyl (C=O) groups excluding carboxylic acids is 2. The molecule has 2 aliphatic carbocycles. The molecule has 0 unspecified atom stereocenters.